The highest BCUT2D eigenvalue weighted by molar-refractivity contribution is 5.90. The zero-order chi connectivity index (χ0) is 22.0. The lowest BCUT2D eigenvalue weighted by atomic mass is 9.98. The van der Waals surface area contributed by atoms with Gasteiger partial charge >= 0.3 is 6.09 Å². The molecule has 0 spiro atoms. The normalized spacial score (nSPS) is 23.5. The van der Waals surface area contributed by atoms with Crippen LogP contribution >= 0.6 is 0 Å². The summed E-state index contributed by atoms with van der Waals surface area (Å²) >= 11 is 0. The van der Waals surface area contributed by atoms with Gasteiger partial charge in [-0.3, -0.25) is 14.5 Å². The Morgan fingerprint density at radius 2 is 2.07 bits per heavy atom. The summed E-state index contributed by atoms with van der Waals surface area (Å²) in [7, 11) is 1.54. The number of nitrogens with zero attached hydrogens (tertiary/aromatic N) is 3. The van der Waals surface area contributed by atoms with Gasteiger partial charge in [-0.2, -0.15) is 0 Å². The molecule has 2 saturated heterocycles. The molecule has 0 saturated carbocycles. The van der Waals surface area contributed by atoms with Crippen LogP contribution in [-0.2, 0) is 14.3 Å². The first-order chi connectivity index (χ1) is 14.2. The van der Waals surface area contributed by atoms with Crippen molar-refractivity contribution in [3.63, 3.8) is 0 Å². The van der Waals surface area contributed by atoms with Gasteiger partial charge < -0.3 is 25.0 Å². The molecule has 2 N–H and O–H groups in total. The Balaban J connectivity index is 1.68. The summed E-state index contributed by atoms with van der Waals surface area (Å²) in [6, 6.07) is 4.57. The van der Waals surface area contributed by atoms with Crippen LogP contribution < -0.4 is 15.1 Å². The maximum absolute atomic E-state index is 14.9. The summed E-state index contributed by atoms with van der Waals surface area (Å²) in [4.78, 5) is 39.5. The number of carbonyl (C=O) groups excluding carboxylic acids is 3. The SMILES string of the molecule is CC(=O)N(C)C1CN(c2ccc(N3C[C@@H](CNC(=O)CO)[C@@H](C)C3)c(F)c2)C(=O)O1. The monoisotopic (exact) mass is 422 g/mol. The predicted octanol–water partition coefficient (Wildman–Crippen LogP) is 0.767. The van der Waals surface area contributed by atoms with Crippen LogP contribution in [0.15, 0.2) is 18.2 Å². The average Bonchev–Trinajstić information content (AvgIpc) is 3.27. The fraction of sp³-hybridized carbons (Fsp3) is 0.550. The number of ether oxygens (including phenoxy) is 1. The maximum Gasteiger partial charge on any atom is 0.416 e. The molecule has 3 rings (SSSR count). The number of nitrogens with one attached hydrogen (secondary N) is 1. The lowest BCUT2D eigenvalue weighted by Gasteiger charge is -2.22. The van der Waals surface area contributed by atoms with E-state index >= 15 is 0 Å². The Morgan fingerprint density at radius 3 is 2.70 bits per heavy atom. The minimum Gasteiger partial charge on any atom is -0.423 e. The summed E-state index contributed by atoms with van der Waals surface area (Å²) in [6.45, 7) is 4.61. The number of rotatable bonds is 6. The van der Waals surface area contributed by atoms with Crippen molar-refractivity contribution in [2.24, 2.45) is 11.8 Å². The van der Waals surface area contributed by atoms with Crippen molar-refractivity contribution in [2.45, 2.75) is 20.1 Å². The Labute approximate surface area is 174 Å². The van der Waals surface area contributed by atoms with Crippen LogP contribution in [0.4, 0.5) is 20.6 Å². The highest BCUT2D eigenvalue weighted by Gasteiger charge is 2.37. The molecule has 2 aliphatic rings. The number of cyclic esters (lactones) is 1. The Bertz CT molecular complexity index is 835. The fourth-order valence-electron chi connectivity index (χ4n) is 3.78. The minimum absolute atomic E-state index is 0.126. The first-order valence-electron chi connectivity index (χ1n) is 9.84. The molecule has 2 heterocycles. The third-order valence-corrected chi connectivity index (χ3v) is 5.78. The number of amides is 3. The van der Waals surface area contributed by atoms with E-state index in [0.29, 0.717) is 31.0 Å². The molecule has 0 aliphatic carbocycles. The molecule has 2 fully saturated rings. The number of halogens is 1. The van der Waals surface area contributed by atoms with Gasteiger partial charge in [-0.1, -0.05) is 6.92 Å². The molecule has 0 bridgehead atoms. The number of carbonyl (C=O) groups is 3. The number of likely N-dealkylation sites (N-methyl/N-ethyl adjacent to an activating group) is 1. The molecule has 0 aromatic heterocycles. The molecule has 1 aromatic rings. The lowest BCUT2D eigenvalue weighted by Crippen LogP contribution is -2.38. The summed E-state index contributed by atoms with van der Waals surface area (Å²) in [5.74, 6) is -0.752. The number of hydrogen-bond donors (Lipinski definition) is 2. The standard InChI is InChI=1S/C20H27FN4O5/c1-12-8-24(9-14(12)7-22-18(28)11-26)17-5-4-15(6-16(17)21)25-10-19(30-20(25)29)23(3)13(2)27/h4-6,12,14,19,26H,7-11H2,1-3H3,(H,22,28)/t12-,14+,19?/m0/s1. The van der Waals surface area contributed by atoms with Crippen LogP contribution in [0.1, 0.15) is 13.8 Å². The molecule has 1 aromatic carbocycles. The second kappa shape index (κ2) is 8.86. The first-order valence-corrected chi connectivity index (χ1v) is 9.84. The topological polar surface area (TPSA) is 102 Å². The van der Waals surface area contributed by atoms with E-state index in [1.165, 1.54) is 22.8 Å². The second-order valence-corrected chi connectivity index (χ2v) is 7.82. The molecule has 10 heteroatoms. The second-order valence-electron chi connectivity index (χ2n) is 7.82. The lowest BCUT2D eigenvalue weighted by molar-refractivity contribution is -0.134. The molecule has 1 unspecified atom stereocenters. The van der Waals surface area contributed by atoms with Crippen molar-refractivity contribution in [3.8, 4) is 0 Å². The third-order valence-electron chi connectivity index (χ3n) is 5.78. The highest BCUT2D eigenvalue weighted by Crippen LogP contribution is 2.33. The van der Waals surface area contributed by atoms with Gasteiger partial charge in [0.25, 0.3) is 0 Å². The van der Waals surface area contributed by atoms with Gasteiger partial charge in [0.1, 0.15) is 12.4 Å². The van der Waals surface area contributed by atoms with E-state index in [0.717, 1.165) is 0 Å². The molecule has 2 aliphatic heterocycles. The molecule has 3 amide bonds. The largest absolute Gasteiger partial charge is 0.423 e. The van der Waals surface area contributed by atoms with Gasteiger partial charge in [0, 0.05) is 33.6 Å². The number of hydrogen-bond acceptors (Lipinski definition) is 6. The summed E-state index contributed by atoms with van der Waals surface area (Å²) in [5.41, 5.74) is 0.784. The predicted molar refractivity (Wildman–Crippen MR) is 107 cm³/mol. The number of anilines is 2. The Hall–Kier alpha value is -2.88. The Kier molecular flexibility index (Phi) is 6.45. The highest BCUT2D eigenvalue weighted by atomic mass is 19.1. The van der Waals surface area contributed by atoms with E-state index in [1.807, 2.05) is 11.8 Å². The quantitative estimate of drug-likeness (QED) is 0.702. The van der Waals surface area contributed by atoms with Gasteiger partial charge in [0.15, 0.2) is 6.23 Å². The van der Waals surface area contributed by atoms with Crippen LogP contribution in [0.5, 0.6) is 0 Å². The number of aliphatic hydroxyl groups is 1. The molecular formula is C20H27FN4O5. The summed E-state index contributed by atoms with van der Waals surface area (Å²) in [6.07, 6.45) is -1.35. The van der Waals surface area contributed by atoms with Crippen molar-refractivity contribution in [1.29, 1.82) is 0 Å². The maximum atomic E-state index is 14.9. The molecule has 0 radical (unpaired) electrons. The van der Waals surface area contributed by atoms with E-state index in [2.05, 4.69) is 5.32 Å². The van der Waals surface area contributed by atoms with Crippen molar-refractivity contribution in [3.05, 3.63) is 24.0 Å². The van der Waals surface area contributed by atoms with E-state index in [4.69, 9.17) is 9.84 Å². The van der Waals surface area contributed by atoms with Gasteiger partial charge in [0.05, 0.1) is 17.9 Å². The van der Waals surface area contributed by atoms with Crippen LogP contribution in [0, 0.1) is 17.7 Å². The van der Waals surface area contributed by atoms with Gasteiger partial charge in [0.2, 0.25) is 11.8 Å². The van der Waals surface area contributed by atoms with Crippen LogP contribution in [0.3, 0.4) is 0 Å². The van der Waals surface area contributed by atoms with Crippen LogP contribution in [-0.4, -0.2) is 74.0 Å². The number of benzene rings is 1. The molecule has 3 atom stereocenters. The van der Waals surface area contributed by atoms with Crippen LogP contribution in [0.2, 0.25) is 0 Å². The van der Waals surface area contributed by atoms with Gasteiger partial charge in [-0.05, 0) is 30.0 Å². The third kappa shape index (κ3) is 4.48. The fourth-order valence-corrected chi connectivity index (χ4v) is 3.78. The smallest absolute Gasteiger partial charge is 0.416 e. The number of aliphatic hydroxyl groups excluding tert-OH is 1. The van der Waals surface area contributed by atoms with Crippen molar-refractivity contribution < 1.29 is 28.6 Å². The molecule has 164 valence electrons. The summed E-state index contributed by atoms with van der Waals surface area (Å²) < 4.78 is 20.1. The van der Waals surface area contributed by atoms with E-state index in [-0.39, 0.29) is 24.3 Å². The average molecular weight is 422 g/mol. The molecule has 9 nitrogen and oxygen atoms in total. The van der Waals surface area contributed by atoms with Gasteiger partial charge in [-0.15, -0.1) is 0 Å². The van der Waals surface area contributed by atoms with Crippen LogP contribution in [0.25, 0.3) is 0 Å². The van der Waals surface area contributed by atoms with E-state index < -0.39 is 30.7 Å². The van der Waals surface area contributed by atoms with Gasteiger partial charge in [-0.25, -0.2) is 9.18 Å². The molecule has 30 heavy (non-hydrogen) atoms. The van der Waals surface area contributed by atoms with E-state index in [1.54, 1.807) is 19.2 Å². The van der Waals surface area contributed by atoms with Crippen molar-refractivity contribution in [2.75, 3.05) is 49.6 Å². The molecular weight excluding hydrogens is 395 g/mol. The van der Waals surface area contributed by atoms with Crippen molar-refractivity contribution >= 4 is 29.3 Å². The summed E-state index contributed by atoms with van der Waals surface area (Å²) in [5, 5.41) is 11.5. The Morgan fingerprint density at radius 1 is 1.33 bits per heavy atom. The van der Waals surface area contributed by atoms with E-state index in [9.17, 15) is 18.8 Å². The minimum atomic E-state index is -0.716. The zero-order valence-electron chi connectivity index (χ0n) is 17.3. The van der Waals surface area contributed by atoms with Crippen molar-refractivity contribution in [1.82, 2.24) is 10.2 Å². The zero-order valence-corrected chi connectivity index (χ0v) is 17.3. The first kappa shape index (κ1) is 21.8.